The van der Waals surface area contributed by atoms with Crippen LogP contribution in [0.3, 0.4) is 0 Å². The third-order valence-corrected chi connectivity index (χ3v) is 4.70. The molecule has 3 atom stereocenters. The molecule has 1 saturated carbocycles. The Morgan fingerprint density at radius 2 is 2.00 bits per heavy atom. The Bertz CT molecular complexity index is 365. The molecule has 0 spiro atoms. The smallest absolute Gasteiger partial charge is 0.226 e. The summed E-state index contributed by atoms with van der Waals surface area (Å²) in [5.41, 5.74) is 5.78. The van der Waals surface area contributed by atoms with Gasteiger partial charge < -0.3 is 16.0 Å². The van der Waals surface area contributed by atoms with Crippen molar-refractivity contribution in [2.24, 2.45) is 17.6 Å². The van der Waals surface area contributed by atoms with Gasteiger partial charge in [0.2, 0.25) is 11.8 Å². The molecule has 2 aliphatic rings. The van der Waals surface area contributed by atoms with Gasteiger partial charge in [-0.05, 0) is 38.1 Å². The second-order valence-electron chi connectivity index (χ2n) is 6.08. The highest BCUT2D eigenvalue weighted by Gasteiger charge is 2.36. The molecule has 5 nitrogen and oxygen atoms in total. The lowest BCUT2D eigenvalue weighted by Crippen LogP contribution is -2.51. The fourth-order valence-electron chi connectivity index (χ4n) is 3.50. The first-order chi connectivity index (χ1) is 9.65. The highest BCUT2D eigenvalue weighted by molar-refractivity contribution is 5.85. The van der Waals surface area contributed by atoms with Gasteiger partial charge in [0, 0.05) is 31.5 Å². The van der Waals surface area contributed by atoms with E-state index in [0.717, 1.165) is 38.6 Å². The summed E-state index contributed by atoms with van der Waals surface area (Å²) in [7, 11) is 0. The summed E-state index contributed by atoms with van der Waals surface area (Å²) in [6.45, 7) is 3.95. The molecule has 0 aromatic carbocycles. The lowest BCUT2D eigenvalue weighted by molar-refractivity contribution is -0.138. The van der Waals surface area contributed by atoms with Crippen molar-refractivity contribution >= 4 is 24.2 Å². The molecule has 0 aromatic heterocycles. The molecule has 1 unspecified atom stereocenters. The Labute approximate surface area is 133 Å². The van der Waals surface area contributed by atoms with Crippen molar-refractivity contribution < 1.29 is 9.59 Å². The number of nitrogens with two attached hydrogens (primary N) is 1. The number of hydrogen-bond acceptors (Lipinski definition) is 3. The minimum absolute atomic E-state index is 0. The van der Waals surface area contributed by atoms with Crippen molar-refractivity contribution in [1.82, 2.24) is 10.2 Å². The van der Waals surface area contributed by atoms with E-state index in [9.17, 15) is 9.59 Å². The Kier molecular flexibility index (Phi) is 7.46. The van der Waals surface area contributed by atoms with E-state index in [0.29, 0.717) is 25.4 Å². The average Bonchev–Trinajstić information content (AvgIpc) is 2.95. The van der Waals surface area contributed by atoms with Crippen LogP contribution in [0.15, 0.2) is 0 Å². The molecule has 1 aliphatic carbocycles. The maximum Gasteiger partial charge on any atom is 0.226 e. The first-order valence-electron chi connectivity index (χ1n) is 7.94. The minimum atomic E-state index is 0. The summed E-state index contributed by atoms with van der Waals surface area (Å²) in [5.74, 6) is 0.798. The van der Waals surface area contributed by atoms with E-state index in [-0.39, 0.29) is 36.2 Å². The van der Waals surface area contributed by atoms with Crippen LogP contribution in [0.2, 0.25) is 0 Å². The van der Waals surface area contributed by atoms with Crippen molar-refractivity contribution in [2.45, 2.75) is 51.5 Å². The maximum atomic E-state index is 12.6. The molecule has 122 valence electrons. The lowest BCUT2D eigenvalue weighted by Gasteiger charge is -2.35. The van der Waals surface area contributed by atoms with Crippen LogP contribution in [0.25, 0.3) is 0 Å². The second kappa shape index (κ2) is 8.59. The highest BCUT2D eigenvalue weighted by Crippen LogP contribution is 2.33. The van der Waals surface area contributed by atoms with E-state index < -0.39 is 0 Å². The first-order valence-corrected chi connectivity index (χ1v) is 7.94. The predicted molar refractivity (Wildman–Crippen MR) is 85.2 cm³/mol. The normalized spacial score (nSPS) is 28.9. The lowest BCUT2D eigenvalue weighted by atomic mass is 9.93. The molecule has 21 heavy (non-hydrogen) atoms. The second-order valence-corrected chi connectivity index (χ2v) is 6.08. The van der Waals surface area contributed by atoms with Gasteiger partial charge in [-0.2, -0.15) is 0 Å². The zero-order valence-electron chi connectivity index (χ0n) is 12.8. The largest absolute Gasteiger partial charge is 0.352 e. The summed E-state index contributed by atoms with van der Waals surface area (Å²) in [4.78, 5) is 26.1. The van der Waals surface area contributed by atoms with Crippen LogP contribution in [0.1, 0.15) is 45.4 Å². The molecule has 0 aromatic rings. The molecule has 6 heteroatoms. The maximum absolute atomic E-state index is 12.6. The molecule has 1 saturated heterocycles. The standard InChI is InChI=1S/C15H27N3O2.ClH/c1-2-14(19)17-12-6-4-8-18(10-12)15(20)13-7-3-5-11(13)9-16;/h11-13H,2-10,16H2,1H3,(H,17,19);1H/t11-,12?,13-;/m1./s1. The first kappa shape index (κ1) is 18.2. The molecular weight excluding hydrogens is 290 g/mol. The van der Waals surface area contributed by atoms with Crippen molar-refractivity contribution in [3.05, 3.63) is 0 Å². The van der Waals surface area contributed by atoms with Crippen LogP contribution in [-0.2, 0) is 9.59 Å². The third kappa shape index (κ3) is 4.58. The molecule has 1 heterocycles. The number of hydrogen-bond donors (Lipinski definition) is 2. The van der Waals surface area contributed by atoms with Gasteiger partial charge in [0.1, 0.15) is 0 Å². The number of piperidine rings is 1. The molecule has 0 bridgehead atoms. The van der Waals surface area contributed by atoms with Crippen molar-refractivity contribution in [3.8, 4) is 0 Å². The quantitative estimate of drug-likeness (QED) is 0.820. The van der Waals surface area contributed by atoms with Gasteiger partial charge in [0.15, 0.2) is 0 Å². The van der Waals surface area contributed by atoms with Crippen LogP contribution in [0, 0.1) is 11.8 Å². The van der Waals surface area contributed by atoms with Gasteiger partial charge in [0.05, 0.1) is 0 Å². The molecule has 3 N–H and O–H groups in total. The van der Waals surface area contributed by atoms with Crippen LogP contribution in [-0.4, -0.2) is 42.4 Å². The van der Waals surface area contributed by atoms with Gasteiger partial charge in [0.25, 0.3) is 0 Å². The Balaban J connectivity index is 0.00000220. The monoisotopic (exact) mass is 317 g/mol. The number of amides is 2. The van der Waals surface area contributed by atoms with E-state index in [1.54, 1.807) is 0 Å². The number of carbonyl (C=O) groups is 2. The minimum Gasteiger partial charge on any atom is -0.352 e. The number of nitrogens with one attached hydrogen (secondary N) is 1. The van der Waals surface area contributed by atoms with Gasteiger partial charge in [-0.3, -0.25) is 9.59 Å². The van der Waals surface area contributed by atoms with Crippen molar-refractivity contribution in [3.63, 3.8) is 0 Å². The van der Waals surface area contributed by atoms with E-state index >= 15 is 0 Å². The van der Waals surface area contributed by atoms with Crippen molar-refractivity contribution in [2.75, 3.05) is 19.6 Å². The molecular formula is C15H28ClN3O2. The Morgan fingerprint density at radius 1 is 1.24 bits per heavy atom. The highest BCUT2D eigenvalue weighted by atomic mass is 35.5. The number of halogens is 1. The molecule has 1 aliphatic heterocycles. The zero-order valence-corrected chi connectivity index (χ0v) is 13.7. The fourth-order valence-corrected chi connectivity index (χ4v) is 3.50. The third-order valence-electron chi connectivity index (χ3n) is 4.70. The summed E-state index contributed by atoms with van der Waals surface area (Å²) < 4.78 is 0. The van der Waals surface area contributed by atoms with Gasteiger partial charge in [-0.15, -0.1) is 12.4 Å². The SMILES string of the molecule is CCC(=O)NC1CCCN(C(=O)[C@@H]2CCC[C@@H]2CN)C1.Cl. The average molecular weight is 318 g/mol. The summed E-state index contributed by atoms with van der Waals surface area (Å²) in [6.07, 6.45) is 5.62. The number of likely N-dealkylation sites (tertiary alicyclic amines) is 1. The Morgan fingerprint density at radius 3 is 2.67 bits per heavy atom. The van der Waals surface area contributed by atoms with Gasteiger partial charge >= 0.3 is 0 Å². The molecule has 2 rings (SSSR count). The topological polar surface area (TPSA) is 75.4 Å². The van der Waals surface area contributed by atoms with Gasteiger partial charge in [-0.1, -0.05) is 13.3 Å². The van der Waals surface area contributed by atoms with Gasteiger partial charge in [-0.25, -0.2) is 0 Å². The molecule has 0 radical (unpaired) electrons. The number of carbonyl (C=O) groups excluding carboxylic acids is 2. The summed E-state index contributed by atoms with van der Waals surface area (Å²) in [5, 5.41) is 3.01. The van der Waals surface area contributed by atoms with Crippen LogP contribution in [0.4, 0.5) is 0 Å². The van der Waals surface area contributed by atoms with E-state index in [1.165, 1.54) is 0 Å². The fraction of sp³-hybridized carbons (Fsp3) is 0.867. The van der Waals surface area contributed by atoms with Crippen molar-refractivity contribution in [1.29, 1.82) is 0 Å². The Hall–Kier alpha value is -0.810. The van der Waals surface area contributed by atoms with E-state index in [4.69, 9.17) is 5.73 Å². The zero-order chi connectivity index (χ0) is 14.5. The van der Waals surface area contributed by atoms with Crippen LogP contribution in [0.5, 0.6) is 0 Å². The van der Waals surface area contributed by atoms with E-state index in [2.05, 4.69) is 5.32 Å². The van der Waals surface area contributed by atoms with E-state index in [1.807, 2.05) is 11.8 Å². The predicted octanol–water partition coefficient (Wildman–Crippen LogP) is 1.30. The number of nitrogens with zero attached hydrogens (tertiary/aromatic N) is 1. The number of rotatable bonds is 4. The molecule has 2 amide bonds. The summed E-state index contributed by atoms with van der Waals surface area (Å²) >= 11 is 0. The van der Waals surface area contributed by atoms with Crippen LogP contribution >= 0.6 is 12.4 Å². The molecule has 2 fully saturated rings. The summed E-state index contributed by atoms with van der Waals surface area (Å²) in [6, 6.07) is 0.123. The van der Waals surface area contributed by atoms with Crippen LogP contribution < -0.4 is 11.1 Å².